The Kier molecular flexibility index (Phi) is 6.10. The van der Waals surface area contributed by atoms with Gasteiger partial charge in [0.25, 0.3) is 0 Å². The number of rotatable bonds is 5. The van der Waals surface area contributed by atoms with Crippen LogP contribution in [-0.2, 0) is 6.54 Å². The van der Waals surface area contributed by atoms with E-state index < -0.39 is 0 Å². The third kappa shape index (κ3) is 3.88. The molecule has 1 aromatic heterocycles. The Morgan fingerprint density at radius 3 is 2.83 bits per heavy atom. The van der Waals surface area contributed by atoms with Crippen LogP contribution in [0.2, 0.25) is 0 Å². The zero-order chi connectivity index (χ0) is 15.5. The molecule has 1 aromatic carbocycles. The van der Waals surface area contributed by atoms with Crippen molar-refractivity contribution in [3.05, 3.63) is 34.8 Å². The van der Waals surface area contributed by atoms with Crippen molar-refractivity contribution in [2.45, 2.75) is 25.4 Å². The molecule has 3 rings (SSSR count). The van der Waals surface area contributed by atoms with Crippen LogP contribution >= 0.6 is 23.7 Å². The molecule has 0 spiro atoms. The Morgan fingerprint density at radius 2 is 2.17 bits per heavy atom. The number of nitrogens with two attached hydrogens (primary N) is 1. The highest BCUT2D eigenvalue weighted by Crippen LogP contribution is 2.39. The molecule has 1 fully saturated rings. The SMILES string of the molecule is COc1ccc(OC)c(C2CCCN2Cc2cnc(N)s2)c1.Cl. The molecule has 0 amide bonds. The van der Waals surface area contributed by atoms with Gasteiger partial charge in [-0.25, -0.2) is 4.98 Å². The van der Waals surface area contributed by atoms with Crippen LogP contribution in [-0.4, -0.2) is 30.6 Å². The van der Waals surface area contributed by atoms with Crippen LogP contribution in [0.4, 0.5) is 5.13 Å². The number of nitrogen functional groups attached to an aromatic ring is 1. The summed E-state index contributed by atoms with van der Waals surface area (Å²) in [6.07, 6.45) is 4.18. The molecule has 0 saturated carbocycles. The molecule has 0 aliphatic carbocycles. The number of nitrogens with zero attached hydrogens (tertiary/aromatic N) is 2. The van der Waals surface area contributed by atoms with Crippen LogP contribution < -0.4 is 15.2 Å². The van der Waals surface area contributed by atoms with Gasteiger partial charge in [0.05, 0.1) is 14.2 Å². The average Bonchev–Trinajstić information content (AvgIpc) is 3.16. The standard InChI is InChI=1S/C16H21N3O2S.ClH/c1-20-11-5-6-15(21-2)13(8-11)14-4-3-7-19(14)10-12-9-18-16(17)22-12;/h5-6,8-9,14H,3-4,7,10H2,1-2H3,(H2,17,18);1H. The maximum absolute atomic E-state index is 5.73. The third-order valence-corrected chi connectivity index (χ3v) is 4.90. The molecule has 5 nitrogen and oxygen atoms in total. The second kappa shape index (κ2) is 7.86. The number of methoxy groups -OCH3 is 2. The quantitative estimate of drug-likeness (QED) is 0.889. The fourth-order valence-electron chi connectivity index (χ4n) is 3.06. The van der Waals surface area contributed by atoms with Crippen LogP contribution in [0.5, 0.6) is 11.5 Å². The Balaban J connectivity index is 0.00000192. The lowest BCUT2D eigenvalue weighted by molar-refractivity contribution is 0.244. The van der Waals surface area contributed by atoms with Gasteiger partial charge in [0, 0.05) is 29.2 Å². The second-order valence-corrected chi connectivity index (χ2v) is 6.55. The molecule has 0 radical (unpaired) electrons. The Morgan fingerprint density at radius 1 is 1.35 bits per heavy atom. The van der Waals surface area contributed by atoms with Gasteiger partial charge in [-0.2, -0.15) is 0 Å². The minimum atomic E-state index is 0. The zero-order valence-electron chi connectivity index (χ0n) is 13.3. The Bertz CT molecular complexity index is 650. The van der Waals surface area contributed by atoms with Crippen LogP contribution in [0.1, 0.15) is 29.3 Å². The van der Waals surface area contributed by atoms with Crippen molar-refractivity contribution in [2.24, 2.45) is 0 Å². The monoisotopic (exact) mass is 355 g/mol. The van der Waals surface area contributed by atoms with Gasteiger partial charge in [0.1, 0.15) is 11.5 Å². The molecular weight excluding hydrogens is 334 g/mol. The third-order valence-electron chi connectivity index (χ3n) is 4.09. The summed E-state index contributed by atoms with van der Waals surface area (Å²) in [6.45, 7) is 1.95. The lowest BCUT2D eigenvalue weighted by Crippen LogP contribution is -2.22. The largest absolute Gasteiger partial charge is 0.497 e. The van der Waals surface area contributed by atoms with Gasteiger partial charge >= 0.3 is 0 Å². The summed E-state index contributed by atoms with van der Waals surface area (Å²) in [7, 11) is 3.41. The maximum atomic E-state index is 5.73. The fraction of sp³-hybridized carbons (Fsp3) is 0.438. The van der Waals surface area contributed by atoms with Gasteiger partial charge in [0.2, 0.25) is 0 Å². The van der Waals surface area contributed by atoms with Crippen LogP contribution in [0.3, 0.4) is 0 Å². The number of hydrogen-bond donors (Lipinski definition) is 1. The molecule has 1 saturated heterocycles. The van der Waals surface area contributed by atoms with Gasteiger partial charge < -0.3 is 15.2 Å². The van der Waals surface area contributed by atoms with Crippen molar-refractivity contribution in [3.8, 4) is 11.5 Å². The number of ether oxygens (including phenoxy) is 2. The molecule has 2 N–H and O–H groups in total. The summed E-state index contributed by atoms with van der Waals surface area (Å²) in [5.41, 5.74) is 6.93. The molecule has 1 aliphatic heterocycles. The van der Waals surface area contributed by atoms with Crippen molar-refractivity contribution in [1.82, 2.24) is 9.88 Å². The van der Waals surface area contributed by atoms with Gasteiger partial charge in [-0.15, -0.1) is 23.7 Å². The molecule has 7 heteroatoms. The summed E-state index contributed by atoms with van der Waals surface area (Å²) in [4.78, 5) is 7.81. The van der Waals surface area contributed by atoms with E-state index in [4.69, 9.17) is 15.2 Å². The number of benzene rings is 1. The Hall–Kier alpha value is -1.50. The number of likely N-dealkylation sites (tertiary alicyclic amines) is 1. The number of thiazole rings is 1. The van der Waals surface area contributed by atoms with E-state index in [0.717, 1.165) is 31.0 Å². The number of hydrogen-bond acceptors (Lipinski definition) is 6. The van der Waals surface area contributed by atoms with Crippen molar-refractivity contribution >= 4 is 28.9 Å². The zero-order valence-corrected chi connectivity index (χ0v) is 15.0. The second-order valence-electron chi connectivity index (χ2n) is 5.40. The molecule has 1 aliphatic rings. The Labute approximate surface area is 146 Å². The summed E-state index contributed by atoms with van der Waals surface area (Å²) < 4.78 is 10.9. The van der Waals surface area contributed by atoms with E-state index >= 15 is 0 Å². The maximum Gasteiger partial charge on any atom is 0.180 e. The first-order valence-electron chi connectivity index (χ1n) is 7.37. The van der Waals surface area contributed by atoms with Crippen LogP contribution in [0, 0.1) is 0 Å². The first-order chi connectivity index (χ1) is 10.7. The van der Waals surface area contributed by atoms with Gasteiger partial charge in [-0.3, -0.25) is 4.90 Å². The normalized spacial score (nSPS) is 17.7. The van der Waals surface area contributed by atoms with E-state index in [-0.39, 0.29) is 12.4 Å². The molecule has 1 atom stereocenters. The highest BCUT2D eigenvalue weighted by molar-refractivity contribution is 7.15. The van der Waals surface area contributed by atoms with Crippen LogP contribution in [0.15, 0.2) is 24.4 Å². The van der Waals surface area contributed by atoms with Crippen LogP contribution in [0.25, 0.3) is 0 Å². The molecule has 1 unspecified atom stereocenters. The van der Waals surface area contributed by atoms with E-state index in [1.165, 1.54) is 16.9 Å². The smallest absolute Gasteiger partial charge is 0.180 e. The lowest BCUT2D eigenvalue weighted by atomic mass is 10.0. The van der Waals surface area contributed by atoms with E-state index in [9.17, 15) is 0 Å². The van der Waals surface area contributed by atoms with Gasteiger partial charge in [-0.1, -0.05) is 0 Å². The van der Waals surface area contributed by atoms with Crippen molar-refractivity contribution in [2.75, 3.05) is 26.5 Å². The summed E-state index contributed by atoms with van der Waals surface area (Å²) in [5.74, 6) is 1.78. The highest BCUT2D eigenvalue weighted by Gasteiger charge is 2.29. The van der Waals surface area contributed by atoms with E-state index in [1.807, 2.05) is 18.3 Å². The molecule has 2 heterocycles. The van der Waals surface area contributed by atoms with E-state index in [0.29, 0.717) is 11.2 Å². The molecule has 2 aromatic rings. The van der Waals surface area contributed by atoms with Crippen molar-refractivity contribution < 1.29 is 9.47 Å². The summed E-state index contributed by atoms with van der Waals surface area (Å²) in [6, 6.07) is 6.34. The molecule has 0 bridgehead atoms. The first-order valence-corrected chi connectivity index (χ1v) is 8.19. The fourth-order valence-corrected chi connectivity index (χ4v) is 3.77. The molecule has 126 valence electrons. The minimum absolute atomic E-state index is 0. The number of halogens is 1. The lowest BCUT2D eigenvalue weighted by Gasteiger charge is -2.25. The number of anilines is 1. The highest BCUT2D eigenvalue weighted by atomic mass is 35.5. The predicted molar refractivity (Wildman–Crippen MR) is 95.7 cm³/mol. The topological polar surface area (TPSA) is 60.6 Å². The minimum Gasteiger partial charge on any atom is -0.497 e. The number of aromatic nitrogens is 1. The summed E-state index contributed by atoms with van der Waals surface area (Å²) in [5, 5.41) is 0.629. The van der Waals surface area contributed by atoms with Crippen molar-refractivity contribution in [3.63, 3.8) is 0 Å². The van der Waals surface area contributed by atoms with E-state index in [2.05, 4.69) is 16.0 Å². The van der Waals surface area contributed by atoms with Gasteiger partial charge in [-0.05, 0) is 37.6 Å². The van der Waals surface area contributed by atoms with Crippen molar-refractivity contribution in [1.29, 1.82) is 0 Å². The predicted octanol–water partition coefficient (Wildman–Crippen LogP) is 3.50. The first kappa shape index (κ1) is 17.8. The molecular formula is C16H22ClN3O2S. The average molecular weight is 356 g/mol. The van der Waals surface area contributed by atoms with Gasteiger partial charge in [0.15, 0.2) is 5.13 Å². The van der Waals surface area contributed by atoms with E-state index in [1.54, 1.807) is 25.6 Å². The molecule has 23 heavy (non-hydrogen) atoms. The summed E-state index contributed by atoms with van der Waals surface area (Å²) >= 11 is 1.56.